The molecule has 2 aromatic heterocycles. The first-order valence-electron chi connectivity index (χ1n) is 11.0. The van der Waals surface area contributed by atoms with Crippen molar-refractivity contribution in [1.82, 2.24) is 20.0 Å². The Morgan fingerprint density at radius 1 is 1.27 bits per heavy atom. The van der Waals surface area contributed by atoms with Gasteiger partial charge in [0.15, 0.2) is 0 Å². The number of hydrogen-bond acceptors (Lipinski definition) is 9. The summed E-state index contributed by atoms with van der Waals surface area (Å²) in [6.07, 6.45) is 6.19. The molecule has 3 N–H and O–H groups in total. The van der Waals surface area contributed by atoms with Gasteiger partial charge in [0.25, 0.3) is 0 Å². The van der Waals surface area contributed by atoms with Gasteiger partial charge in [0.1, 0.15) is 23.3 Å². The van der Waals surface area contributed by atoms with Gasteiger partial charge < -0.3 is 25.1 Å². The summed E-state index contributed by atoms with van der Waals surface area (Å²) in [6, 6.07) is 8.57. The van der Waals surface area contributed by atoms with Crippen molar-refractivity contribution in [3.63, 3.8) is 0 Å². The molecule has 1 fully saturated rings. The molecule has 4 heterocycles. The van der Waals surface area contributed by atoms with Gasteiger partial charge in [-0.15, -0.1) is 0 Å². The average molecular weight is 447 g/mol. The lowest BCUT2D eigenvalue weighted by atomic mass is 10.0. The van der Waals surface area contributed by atoms with E-state index in [-0.39, 0.29) is 12.1 Å². The number of methoxy groups -OCH3 is 1. The zero-order valence-corrected chi connectivity index (χ0v) is 18.6. The van der Waals surface area contributed by atoms with E-state index in [4.69, 9.17) is 14.5 Å². The van der Waals surface area contributed by atoms with Gasteiger partial charge in [-0.3, -0.25) is 5.01 Å². The average Bonchev–Trinajstić information content (AvgIpc) is 3.45. The van der Waals surface area contributed by atoms with Crippen molar-refractivity contribution in [2.24, 2.45) is 5.10 Å². The van der Waals surface area contributed by atoms with Crippen molar-refractivity contribution in [3.8, 4) is 11.8 Å². The third kappa shape index (κ3) is 4.15. The number of hydrogen-bond donors (Lipinski definition) is 3. The van der Waals surface area contributed by atoms with Crippen LogP contribution in [0.1, 0.15) is 36.4 Å². The van der Waals surface area contributed by atoms with Gasteiger partial charge in [0.05, 0.1) is 24.1 Å². The van der Waals surface area contributed by atoms with Gasteiger partial charge in [0, 0.05) is 62.5 Å². The summed E-state index contributed by atoms with van der Waals surface area (Å²) in [6.45, 7) is 1.42. The Morgan fingerprint density at radius 3 is 2.85 bits per heavy atom. The van der Waals surface area contributed by atoms with Crippen LogP contribution in [0.3, 0.4) is 0 Å². The van der Waals surface area contributed by atoms with E-state index in [0.29, 0.717) is 41.6 Å². The smallest absolute Gasteiger partial charge is 0.231 e. The number of aromatic amines is 1. The molecule has 0 spiro atoms. The quantitative estimate of drug-likeness (QED) is 0.525. The zero-order valence-electron chi connectivity index (χ0n) is 18.6. The first-order chi connectivity index (χ1) is 16.2. The van der Waals surface area contributed by atoms with Crippen molar-refractivity contribution < 1.29 is 9.47 Å². The van der Waals surface area contributed by atoms with Crippen LogP contribution in [0.2, 0.25) is 0 Å². The Bertz CT molecular complexity index is 1230. The number of nitrogens with zero attached hydrogens (tertiary/aromatic N) is 5. The number of fused-ring (bicyclic) bond motifs is 1. The molecule has 10 heteroatoms. The highest BCUT2D eigenvalue weighted by molar-refractivity contribution is 5.93. The summed E-state index contributed by atoms with van der Waals surface area (Å²) >= 11 is 0. The Morgan fingerprint density at radius 2 is 2.12 bits per heavy atom. The summed E-state index contributed by atoms with van der Waals surface area (Å²) in [7, 11) is 3.63. The summed E-state index contributed by atoms with van der Waals surface area (Å²) in [4.78, 5) is 12.4. The van der Waals surface area contributed by atoms with E-state index in [1.165, 1.54) is 0 Å². The fraction of sp³-hybridized carbons (Fsp3) is 0.391. The molecule has 1 atom stereocenters. The summed E-state index contributed by atoms with van der Waals surface area (Å²) in [5, 5.41) is 23.3. The summed E-state index contributed by atoms with van der Waals surface area (Å²) < 4.78 is 11.1. The van der Waals surface area contributed by atoms with Gasteiger partial charge in [0.2, 0.25) is 5.95 Å². The van der Waals surface area contributed by atoms with Crippen LogP contribution in [0.15, 0.2) is 29.5 Å². The Balaban J connectivity index is 1.45. The highest BCUT2D eigenvalue weighted by atomic mass is 16.5. The normalized spacial score (nSPS) is 18.5. The highest BCUT2D eigenvalue weighted by Crippen LogP contribution is 2.36. The Kier molecular flexibility index (Phi) is 5.71. The van der Waals surface area contributed by atoms with Crippen LogP contribution < -0.4 is 15.4 Å². The SMILES string of the molecule is COc1cc(Nc2nc(NC3CCOCC3)c3c(C#N)c[nH]c3n2)ccc1C1CC=NN1C. The maximum Gasteiger partial charge on any atom is 0.231 e. The molecule has 0 amide bonds. The van der Waals surface area contributed by atoms with Gasteiger partial charge in [-0.2, -0.15) is 20.3 Å². The van der Waals surface area contributed by atoms with E-state index in [2.05, 4.69) is 31.8 Å². The molecule has 5 rings (SSSR count). The lowest BCUT2D eigenvalue weighted by Crippen LogP contribution is -2.28. The van der Waals surface area contributed by atoms with E-state index < -0.39 is 0 Å². The second kappa shape index (κ2) is 8.96. The fourth-order valence-corrected chi connectivity index (χ4v) is 4.35. The third-order valence-corrected chi connectivity index (χ3v) is 6.11. The van der Waals surface area contributed by atoms with Crippen molar-refractivity contribution in [2.45, 2.75) is 31.3 Å². The lowest BCUT2D eigenvalue weighted by Gasteiger charge is -2.24. The highest BCUT2D eigenvalue weighted by Gasteiger charge is 2.23. The van der Waals surface area contributed by atoms with E-state index in [9.17, 15) is 5.26 Å². The number of anilines is 3. The van der Waals surface area contributed by atoms with Gasteiger partial charge in [-0.05, 0) is 18.9 Å². The van der Waals surface area contributed by atoms with Crippen LogP contribution in [0.4, 0.5) is 17.5 Å². The van der Waals surface area contributed by atoms with Crippen molar-refractivity contribution in [3.05, 3.63) is 35.5 Å². The molecule has 3 aromatic rings. The molecule has 0 bridgehead atoms. The molecule has 1 saturated heterocycles. The van der Waals surface area contributed by atoms with Crippen LogP contribution in [0.5, 0.6) is 5.75 Å². The zero-order chi connectivity index (χ0) is 22.8. The van der Waals surface area contributed by atoms with Crippen molar-refractivity contribution in [2.75, 3.05) is 38.0 Å². The molecule has 2 aliphatic rings. The number of hydrazone groups is 1. The number of rotatable bonds is 6. The number of nitrogens with one attached hydrogen (secondary N) is 3. The van der Waals surface area contributed by atoms with E-state index in [1.807, 2.05) is 36.5 Å². The number of nitriles is 1. The van der Waals surface area contributed by atoms with Crippen LogP contribution in [0.25, 0.3) is 11.0 Å². The molecule has 170 valence electrons. The lowest BCUT2D eigenvalue weighted by molar-refractivity contribution is 0.0904. The van der Waals surface area contributed by atoms with Crippen molar-refractivity contribution >= 4 is 34.7 Å². The second-order valence-corrected chi connectivity index (χ2v) is 8.17. The minimum Gasteiger partial charge on any atom is -0.496 e. The van der Waals surface area contributed by atoms with Crippen LogP contribution >= 0.6 is 0 Å². The van der Waals surface area contributed by atoms with E-state index >= 15 is 0 Å². The van der Waals surface area contributed by atoms with Crippen LogP contribution in [-0.2, 0) is 4.74 Å². The second-order valence-electron chi connectivity index (χ2n) is 8.17. The first-order valence-corrected chi connectivity index (χ1v) is 11.0. The Labute approximate surface area is 191 Å². The van der Waals surface area contributed by atoms with Gasteiger partial charge in [-0.1, -0.05) is 6.07 Å². The largest absolute Gasteiger partial charge is 0.496 e. The minimum absolute atomic E-state index is 0.153. The predicted octanol–water partition coefficient (Wildman–Crippen LogP) is 3.54. The predicted molar refractivity (Wildman–Crippen MR) is 126 cm³/mol. The van der Waals surface area contributed by atoms with Crippen LogP contribution in [0, 0.1) is 11.3 Å². The van der Waals surface area contributed by atoms with E-state index in [1.54, 1.807) is 13.3 Å². The number of benzene rings is 1. The maximum absolute atomic E-state index is 9.54. The molecule has 2 aliphatic heterocycles. The topological polar surface area (TPSA) is 123 Å². The van der Waals surface area contributed by atoms with Crippen LogP contribution in [-0.4, -0.2) is 59.6 Å². The molecule has 0 aliphatic carbocycles. The van der Waals surface area contributed by atoms with E-state index in [0.717, 1.165) is 36.3 Å². The molecule has 10 nitrogen and oxygen atoms in total. The molecular weight excluding hydrogens is 420 g/mol. The molecule has 1 aromatic carbocycles. The molecule has 0 radical (unpaired) electrons. The van der Waals surface area contributed by atoms with Gasteiger partial charge >= 0.3 is 0 Å². The third-order valence-electron chi connectivity index (χ3n) is 6.11. The number of H-pyrrole nitrogens is 1. The Hall–Kier alpha value is -3.84. The number of aromatic nitrogens is 3. The number of ether oxygens (including phenoxy) is 2. The molecule has 0 saturated carbocycles. The van der Waals surface area contributed by atoms with Crippen molar-refractivity contribution in [1.29, 1.82) is 5.26 Å². The maximum atomic E-state index is 9.54. The standard InChI is InChI=1S/C23H26N8O2/c1-31-18(5-8-26-31)17-4-3-16(11-19(17)32-2)28-23-29-21-20(14(12-24)13-25-21)22(30-23)27-15-6-9-33-10-7-15/h3-4,8,11,13,15,18H,5-7,9-10H2,1-2H3,(H3,25,27,28,29,30). The summed E-state index contributed by atoms with van der Waals surface area (Å²) in [5.74, 6) is 1.84. The molecule has 33 heavy (non-hydrogen) atoms. The monoisotopic (exact) mass is 446 g/mol. The summed E-state index contributed by atoms with van der Waals surface area (Å²) in [5.41, 5.74) is 3.00. The molecular formula is C23H26N8O2. The fourth-order valence-electron chi connectivity index (χ4n) is 4.35. The first kappa shape index (κ1) is 21.0. The molecule has 1 unspecified atom stereocenters. The van der Waals surface area contributed by atoms with Gasteiger partial charge in [-0.25, -0.2) is 0 Å². The minimum atomic E-state index is 0.153.